The molecule has 0 fully saturated rings. The summed E-state index contributed by atoms with van der Waals surface area (Å²) in [6, 6.07) is 28.1. The van der Waals surface area contributed by atoms with E-state index in [4.69, 9.17) is 0 Å². The lowest BCUT2D eigenvalue weighted by atomic mass is 9.77. The normalized spacial score (nSPS) is 13.1. The number of rotatable bonds is 9. The van der Waals surface area contributed by atoms with Crippen LogP contribution >= 0.6 is 0 Å². The van der Waals surface area contributed by atoms with Crippen molar-refractivity contribution in [2.24, 2.45) is 5.92 Å². The van der Waals surface area contributed by atoms with Gasteiger partial charge in [-0.15, -0.1) is 0 Å². The molecule has 0 aliphatic heterocycles. The molecule has 4 aromatic rings. The average Bonchev–Trinajstić information content (AvgIpc) is 2.87. The summed E-state index contributed by atoms with van der Waals surface area (Å²) >= 11 is 0. The molecule has 5 nitrogen and oxygen atoms in total. The highest BCUT2D eigenvalue weighted by Gasteiger charge is 2.27. The van der Waals surface area contributed by atoms with Crippen molar-refractivity contribution in [2.45, 2.75) is 37.7 Å². The molecular formula is C31H32O5. The van der Waals surface area contributed by atoms with E-state index in [2.05, 4.69) is 6.92 Å². The summed E-state index contributed by atoms with van der Waals surface area (Å²) in [6.07, 6.45) is 0.558. The molecule has 4 rings (SSSR count). The quantitative estimate of drug-likeness (QED) is 0.193. The fourth-order valence-corrected chi connectivity index (χ4v) is 4.98. The molecule has 0 heterocycles. The maximum Gasteiger partial charge on any atom is 0.115 e. The first kappa shape index (κ1) is 25.1. The Labute approximate surface area is 211 Å². The summed E-state index contributed by atoms with van der Waals surface area (Å²) in [4.78, 5) is 0. The highest BCUT2D eigenvalue weighted by Crippen LogP contribution is 2.38. The first-order valence-electron chi connectivity index (χ1n) is 12.2. The zero-order valence-corrected chi connectivity index (χ0v) is 20.2. The second-order valence-electron chi connectivity index (χ2n) is 9.44. The molecule has 0 amide bonds. The van der Waals surface area contributed by atoms with Gasteiger partial charge in [0.2, 0.25) is 0 Å². The number of hydrogen-bond acceptors (Lipinski definition) is 5. The zero-order valence-electron chi connectivity index (χ0n) is 20.2. The van der Waals surface area contributed by atoms with Crippen molar-refractivity contribution in [3.63, 3.8) is 0 Å². The molecule has 186 valence electrons. The molecule has 0 spiro atoms. The van der Waals surface area contributed by atoms with Crippen molar-refractivity contribution in [1.29, 1.82) is 0 Å². The minimum Gasteiger partial charge on any atom is -0.508 e. The van der Waals surface area contributed by atoms with E-state index in [0.29, 0.717) is 6.42 Å². The van der Waals surface area contributed by atoms with E-state index >= 15 is 0 Å². The largest absolute Gasteiger partial charge is 0.508 e. The lowest BCUT2D eigenvalue weighted by Gasteiger charge is -2.29. The average molecular weight is 485 g/mol. The van der Waals surface area contributed by atoms with Crippen LogP contribution in [-0.2, 0) is 0 Å². The van der Waals surface area contributed by atoms with Crippen LogP contribution in [0.4, 0.5) is 0 Å². The van der Waals surface area contributed by atoms with Gasteiger partial charge in [0.05, 0.1) is 6.10 Å². The van der Waals surface area contributed by atoms with Crippen LogP contribution < -0.4 is 0 Å². The summed E-state index contributed by atoms with van der Waals surface area (Å²) in [5.41, 5.74) is 3.86. The standard InChI is InChI=1S/C31H32O5/c1-20(30(21-3-11-25(32)12-4-21)22-5-13-26(33)14-6-22)2-19-29(36)31(23-7-15-27(34)16-8-23)24-9-17-28(35)18-10-24/h3-18,20,29-36H,2,19H2,1H3. The Kier molecular flexibility index (Phi) is 7.81. The summed E-state index contributed by atoms with van der Waals surface area (Å²) in [5, 5.41) is 50.4. The van der Waals surface area contributed by atoms with Gasteiger partial charge in [-0.2, -0.15) is 0 Å². The smallest absolute Gasteiger partial charge is 0.115 e. The molecule has 0 saturated carbocycles. The van der Waals surface area contributed by atoms with E-state index < -0.39 is 6.10 Å². The van der Waals surface area contributed by atoms with Crippen LogP contribution in [-0.4, -0.2) is 31.6 Å². The van der Waals surface area contributed by atoms with Gasteiger partial charge in [-0.25, -0.2) is 0 Å². The third-order valence-corrected chi connectivity index (χ3v) is 6.88. The van der Waals surface area contributed by atoms with Gasteiger partial charge in [-0.05, 0) is 89.5 Å². The van der Waals surface area contributed by atoms with Crippen LogP contribution in [0.1, 0.15) is 53.9 Å². The highest BCUT2D eigenvalue weighted by molar-refractivity contribution is 5.40. The summed E-state index contributed by atoms with van der Waals surface area (Å²) in [5.74, 6) is 0.579. The Morgan fingerprint density at radius 3 is 1.03 bits per heavy atom. The summed E-state index contributed by atoms with van der Waals surface area (Å²) in [7, 11) is 0. The van der Waals surface area contributed by atoms with Gasteiger partial charge in [0, 0.05) is 11.8 Å². The van der Waals surface area contributed by atoms with Crippen molar-refractivity contribution in [3.05, 3.63) is 119 Å². The number of hydrogen-bond donors (Lipinski definition) is 5. The molecular weight excluding hydrogens is 452 g/mol. The maximum absolute atomic E-state index is 11.4. The molecule has 0 bridgehead atoms. The van der Waals surface area contributed by atoms with Crippen molar-refractivity contribution >= 4 is 0 Å². The Hall–Kier alpha value is -3.96. The Balaban J connectivity index is 1.58. The van der Waals surface area contributed by atoms with Gasteiger partial charge in [-0.3, -0.25) is 0 Å². The number of aliphatic hydroxyl groups is 1. The molecule has 0 radical (unpaired) electrons. The monoisotopic (exact) mass is 484 g/mol. The number of benzene rings is 4. The van der Waals surface area contributed by atoms with Crippen LogP contribution in [0.2, 0.25) is 0 Å². The molecule has 0 saturated heterocycles. The zero-order chi connectivity index (χ0) is 25.7. The molecule has 0 aliphatic rings. The van der Waals surface area contributed by atoms with Gasteiger partial charge < -0.3 is 25.5 Å². The fraction of sp³-hybridized carbons (Fsp3) is 0.226. The van der Waals surface area contributed by atoms with Crippen molar-refractivity contribution in [2.75, 3.05) is 0 Å². The predicted molar refractivity (Wildman–Crippen MR) is 141 cm³/mol. The van der Waals surface area contributed by atoms with Crippen molar-refractivity contribution in [3.8, 4) is 23.0 Å². The minimum absolute atomic E-state index is 0.0131. The predicted octanol–water partition coefficient (Wildman–Crippen LogP) is 6.25. The van der Waals surface area contributed by atoms with Crippen LogP contribution in [0, 0.1) is 5.92 Å². The topological polar surface area (TPSA) is 101 Å². The van der Waals surface area contributed by atoms with Gasteiger partial charge in [0.15, 0.2) is 0 Å². The molecule has 2 unspecified atom stereocenters. The van der Waals surface area contributed by atoms with E-state index in [1.54, 1.807) is 48.5 Å². The van der Waals surface area contributed by atoms with Gasteiger partial charge in [0.1, 0.15) is 23.0 Å². The van der Waals surface area contributed by atoms with E-state index in [0.717, 1.165) is 28.7 Å². The third-order valence-electron chi connectivity index (χ3n) is 6.88. The second-order valence-corrected chi connectivity index (χ2v) is 9.44. The Bertz CT molecular complexity index is 1040. The van der Waals surface area contributed by atoms with Crippen LogP contribution in [0.5, 0.6) is 23.0 Å². The molecule has 0 aliphatic carbocycles. The second kappa shape index (κ2) is 11.2. The van der Waals surface area contributed by atoms with E-state index in [1.807, 2.05) is 48.5 Å². The summed E-state index contributed by atoms with van der Waals surface area (Å²) in [6.45, 7) is 2.15. The lowest BCUT2D eigenvalue weighted by Crippen LogP contribution is -2.22. The van der Waals surface area contributed by atoms with Gasteiger partial charge in [-0.1, -0.05) is 55.5 Å². The maximum atomic E-state index is 11.4. The fourth-order valence-electron chi connectivity index (χ4n) is 4.98. The Morgan fingerprint density at radius 2 is 0.722 bits per heavy atom. The number of aliphatic hydroxyl groups excluding tert-OH is 1. The van der Waals surface area contributed by atoms with Gasteiger partial charge in [0.25, 0.3) is 0 Å². The van der Waals surface area contributed by atoms with Crippen LogP contribution in [0.3, 0.4) is 0 Å². The molecule has 2 atom stereocenters. The van der Waals surface area contributed by atoms with E-state index in [9.17, 15) is 25.5 Å². The molecule has 4 aromatic carbocycles. The Morgan fingerprint density at radius 1 is 0.444 bits per heavy atom. The van der Waals surface area contributed by atoms with Crippen molar-refractivity contribution < 1.29 is 25.5 Å². The van der Waals surface area contributed by atoms with Crippen LogP contribution in [0.15, 0.2) is 97.1 Å². The number of phenols is 4. The molecule has 5 N–H and O–H groups in total. The summed E-state index contributed by atoms with van der Waals surface area (Å²) < 4.78 is 0. The number of phenolic OH excluding ortho intramolecular Hbond substituents is 4. The highest BCUT2D eigenvalue weighted by atomic mass is 16.3. The van der Waals surface area contributed by atoms with Crippen molar-refractivity contribution in [1.82, 2.24) is 0 Å². The molecule has 5 heteroatoms. The minimum atomic E-state index is -0.693. The van der Waals surface area contributed by atoms with E-state index in [-0.39, 0.29) is 40.8 Å². The first-order chi connectivity index (χ1) is 17.3. The SMILES string of the molecule is CC(CCC(O)C(c1ccc(O)cc1)c1ccc(O)cc1)C(c1ccc(O)cc1)c1ccc(O)cc1. The molecule has 0 aromatic heterocycles. The van der Waals surface area contributed by atoms with Gasteiger partial charge >= 0.3 is 0 Å². The van der Waals surface area contributed by atoms with Crippen LogP contribution in [0.25, 0.3) is 0 Å². The number of aromatic hydroxyl groups is 4. The third kappa shape index (κ3) is 5.99. The lowest BCUT2D eigenvalue weighted by molar-refractivity contribution is 0.137. The first-order valence-corrected chi connectivity index (χ1v) is 12.2. The van der Waals surface area contributed by atoms with E-state index in [1.165, 1.54) is 0 Å². The molecule has 36 heavy (non-hydrogen) atoms.